The Kier molecular flexibility index (Phi) is 4.08. The summed E-state index contributed by atoms with van der Waals surface area (Å²) in [7, 11) is 0. The van der Waals surface area contributed by atoms with E-state index in [-0.39, 0.29) is 5.56 Å². The summed E-state index contributed by atoms with van der Waals surface area (Å²) < 4.78 is 37.9. The van der Waals surface area contributed by atoms with Crippen molar-refractivity contribution in [1.82, 2.24) is 4.98 Å². The average molecular weight is 345 g/mol. The van der Waals surface area contributed by atoms with Crippen LogP contribution in [0.15, 0.2) is 47.1 Å². The first-order valence-electron chi connectivity index (χ1n) is 5.46. The Hall–Kier alpha value is -1.89. The molecule has 0 bridgehead atoms. The van der Waals surface area contributed by atoms with Gasteiger partial charge < -0.3 is 5.32 Å². The number of benzene rings is 1. The van der Waals surface area contributed by atoms with Gasteiger partial charge in [0.05, 0.1) is 5.56 Å². The third kappa shape index (κ3) is 3.57. The third-order valence-corrected chi connectivity index (χ3v) is 2.93. The van der Waals surface area contributed by atoms with E-state index in [1.54, 1.807) is 12.1 Å². The Bertz CT molecular complexity index is 626. The number of aromatic nitrogens is 1. The van der Waals surface area contributed by atoms with Crippen LogP contribution in [0.4, 0.5) is 19.0 Å². The molecular formula is C13H8BrF3N2O. The van der Waals surface area contributed by atoms with Gasteiger partial charge in [0.2, 0.25) is 0 Å². The minimum Gasteiger partial charge on any atom is -0.307 e. The van der Waals surface area contributed by atoms with Gasteiger partial charge in [-0.3, -0.25) is 4.79 Å². The van der Waals surface area contributed by atoms with Crippen LogP contribution in [-0.2, 0) is 6.18 Å². The molecule has 2 rings (SSSR count). The molecular weight excluding hydrogens is 337 g/mol. The van der Waals surface area contributed by atoms with E-state index in [1.807, 2.05) is 0 Å². The molecule has 0 aliphatic heterocycles. The lowest BCUT2D eigenvalue weighted by atomic mass is 10.1. The number of pyridine rings is 1. The lowest BCUT2D eigenvalue weighted by Crippen LogP contribution is -2.13. The van der Waals surface area contributed by atoms with Crippen molar-refractivity contribution in [1.29, 1.82) is 0 Å². The average Bonchev–Trinajstić information content (AvgIpc) is 2.38. The van der Waals surface area contributed by atoms with Crippen molar-refractivity contribution in [2.75, 3.05) is 5.32 Å². The summed E-state index contributed by atoms with van der Waals surface area (Å²) in [4.78, 5) is 15.8. The van der Waals surface area contributed by atoms with Gasteiger partial charge in [0.15, 0.2) is 0 Å². The maximum atomic E-state index is 12.4. The molecule has 2 aromatic rings. The summed E-state index contributed by atoms with van der Waals surface area (Å²) in [6.45, 7) is 0. The zero-order chi connectivity index (χ0) is 14.8. The summed E-state index contributed by atoms with van der Waals surface area (Å²) in [5.41, 5.74) is -0.672. The van der Waals surface area contributed by atoms with Crippen LogP contribution in [0.3, 0.4) is 0 Å². The Morgan fingerprint density at radius 2 is 1.80 bits per heavy atom. The summed E-state index contributed by atoms with van der Waals surface area (Å²) in [6, 6.07) is 7.24. The Labute approximate surface area is 121 Å². The van der Waals surface area contributed by atoms with Crippen LogP contribution in [0.25, 0.3) is 0 Å². The maximum Gasteiger partial charge on any atom is 0.416 e. The number of nitrogens with one attached hydrogen (secondary N) is 1. The molecule has 0 radical (unpaired) electrons. The van der Waals surface area contributed by atoms with Crippen LogP contribution in [0.2, 0.25) is 0 Å². The number of nitrogens with zero attached hydrogens (tertiary/aromatic N) is 1. The number of hydrogen-bond acceptors (Lipinski definition) is 2. The predicted molar refractivity (Wildman–Crippen MR) is 71.3 cm³/mol. The second kappa shape index (κ2) is 5.62. The molecule has 1 heterocycles. The Morgan fingerprint density at radius 1 is 1.15 bits per heavy atom. The van der Waals surface area contributed by atoms with Crippen molar-refractivity contribution in [3.8, 4) is 0 Å². The number of amides is 1. The molecule has 1 aromatic heterocycles. The fourth-order valence-corrected chi connectivity index (χ4v) is 1.81. The summed E-state index contributed by atoms with van der Waals surface area (Å²) >= 11 is 3.22. The molecule has 0 saturated heterocycles. The molecule has 0 spiro atoms. The lowest BCUT2D eigenvalue weighted by molar-refractivity contribution is -0.137. The van der Waals surface area contributed by atoms with Crippen LogP contribution >= 0.6 is 15.9 Å². The maximum absolute atomic E-state index is 12.4. The molecule has 1 amide bonds. The first-order chi connectivity index (χ1) is 9.36. The van der Waals surface area contributed by atoms with Gasteiger partial charge in [-0.2, -0.15) is 13.2 Å². The van der Waals surface area contributed by atoms with E-state index in [0.717, 1.165) is 28.7 Å². The van der Waals surface area contributed by atoms with E-state index in [4.69, 9.17) is 0 Å². The van der Waals surface area contributed by atoms with Crippen LogP contribution < -0.4 is 5.32 Å². The van der Waals surface area contributed by atoms with Gasteiger partial charge in [0.25, 0.3) is 5.91 Å². The normalized spacial score (nSPS) is 11.2. The molecule has 0 atom stereocenters. The number of rotatable bonds is 2. The van der Waals surface area contributed by atoms with Crippen molar-refractivity contribution in [2.24, 2.45) is 0 Å². The summed E-state index contributed by atoms with van der Waals surface area (Å²) in [5.74, 6) is -0.214. The van der Waals surface area contributed by atoms with Gasteiger partial charge in [-0.15, -0.1) is 0 Å². The molecule has 0 saturated carbocycles. The summed E-state index contributed by atoms with van der Waals surface area (Å²) in [6.07, 6.45) is -2.92. The van der Waals surface area contributed by atoms with E-state index >= 15 is 0 Å². The highest BCUT2D eigenvalue weighted by Crippen LogP contribution is 2.29. The van der Waals surface area contributed by atoms with Crippen LogP contribution in [0.1, 0.15) is 15.9 Å². The van der Waals surface area contributed by atoms with E-state index < -0.39 is 17.6 Å². The standard InChI is InChI=1S/C13H8BrF3N2O/c14-10-5-6-18-11(7-10)19-12(20)8-1-3-9(4-2-8)13(15,16)17/h1-7H,(H,18,19,20). The van der Waals surface area contributed by atoms with Gasteiger partial charge in [0.1, 0.15) is 5.82 Å². The van der Waals surface area contributed by atoms with Crippen molar-refractivity contribution in [3.05, 3.63) is 58.2 Å². The highest BCUT2D eigenvalue weighted by Gasteiger charge is 2.30. The van der Waals surface area contributed by atoms with Crippen molar-refractivity contribution in [3.63, 3.8) is 0 Å². The van der Waals surface area contributed by atoms with Crippen LogP contribution in [-0.4, -0.2) is 10.9 Å². The molecule has 0 fully saturated rings. The molecule has 0 aliphatic carbocycles. The van der Waals surface area contributed by atoms with E-state index in [2.05, 4.69) is 26.2 Å². The zero-order valence-electron chi connectivity index (χ0n) is 9.91. The van der Waals surface area contributed by atoms with Crippen molar-refractivity contribution in [2.45, 2.75) is 6.18 Å². The minimum absolute atomic E-state index is 0.125. The topological polar surface area (TPSA) is 42.0 Å². The first-order valence-corrected chi connectivity index (χ1v) is 6.26. The van der Waals surface area contributed by atoms with Gasteiger partial charge >= 0.3 is 6.18 Å². The largest absolute Gasteiger partial charge is 0.416 e. The Morgan fingerprint density at radius 3 is 2.35 bits per heavy atom. The SMILES string of the molecule is O=C(Nc1cc(Br)ccn1)c1ccc(C(F)(F)F)cc1. The first kappa shape index (κ1) is 14.5. The lowest BCUT2D eigenvalue weighted by Gasteiger charge is -2.08. The van der Waals surface area contributed by atoms with Crippen molar-refractivity contribution >= 4 is 27.7 Å². The van der Waals surface area contributed by atoms with Gasteiger partial charge in [-0.25, -0.2) is 4.98 Å². The summed E-state index contributed by atoms with van der Waals surface area (Å²) in [5, 5.41) is 2.50. The molecule has 20 heavy (non-hydrogen) atoms. The van der Waals surface area contributed by atoms with Crippen LogP contribution in [0, 0.1) is 0 Å². The minimum atomic E-state index is -4.42. The van der Waals surface area contributed by atoms with Gasteiger partial charge in [-0.1, -0.05) is 15.9 Å². The van der Waals surface area contributed by atoms with Crippen molar-refractivity contribution < 1.29 is 18.0 Å². The van der Waals surface area contributed by atoms with E-state index in [1.165, 1.54) is 6.20 Å². The molecule has 0 unspecified atom stereocenters. The predicted octanol–water partition coefficient (Wildman–Crippen LogP) is 4.12. The van der Waals surface area contributed by atoms with Gasteiger partial charge in [0, 0.05) is 16.2 Å². The molecule has 0 aliphatic rings. The number of carbonyl (C=O) groups is 1. The number of halogens is 4. The quantitative estimate of drug-likeness (QED) is 0.890. The molecule has 3 nitrogen and oxygen atoms in total. The molecule has 7 heteroatoms. The van der Waals surface area contributed by atoms with Crippen LogP contribution in [0.5, 0.6) is 0 Å². The third-order valence-electron chi connectivity index (χ3n) is 2.44. The fraction of sp³-hybridized carbons (Fsp3) is 0.0769. The number of carbonyl (C=O) groups excluding carboxylic acids is 1. The highest BCUT2D eigenvalue weighted by atomic mass is 79.9. The zero-order valence-corrected chi connectivity index (χ0v) is 11.5. The number of hydrogen-bond donors (Lipinski definition) is 1. The van der Waals surface area contributed by atoms with Gasteiger partial charge in [-0.05, 0) is 36.4 Å². The molecule has 1 N–H and O–H groups in total. The molecule has 1 aromatic carbocycles. The Balaban J connectivity index is 2.14. The second-order valence-electron chi connectivity index (χ2n) is 3.89. The van der Waals surface area contributed by atoms with E-state index in [0.29, 0.717) is 5.82 Å². The highest BCUT2D eigenvalue weighted by molar-refractivity contribution is 9.10. The number of anilines is 1. The van der Waals surface area contributed by atoms with E-state index in [9.17, 15) is 18.0 Å². The number of alkyl halides is 3. The molecule has 104 valence electrons. The monoisotopic (exact) mass is 344 g/mol. The smallest absolute Gasteiger partial charge is 0.307 e. The second-order valence-corrected chi connectivity index (χ2v) is 4.80. The fourth-order valence-electron chi connectivity index (χ4n) is 1.47.